The Bertz CT molecular complexity index is 683. The summed E-state index contributed by atoms with van der Waals surface area (Å²) in [5.41, 5.74) is 1.61. The molecule has 0 aliphatic carbocycles. The van der Waals surface area contributed by atoms with E-state index >= 15 is 0 Å². The van der Waals surface area contributed by atoms with Gasteiger partial charge in [0.05, 0.1) is 6.20 Å². The summed E-state index contributed by atoms with van der Waals surface area (Å²) < 4.78 is 18.8. The average Bonchev–Trinajstić information content (AvgIpc) is 2.40. The van der Waals surface area contributed by atoms with Gasteiger partial charge in [0.15, 0.2) is 0 Å². The zero-order chi connectivity index (χ0) is 15.6. The molecule has 0 saturated heterocycles. The maximum atomic E-state index is 13.1. The number of nitrogens with zero attached hydrogens (tertiary/aromatic N) is 1. The molecule has 1 N–H and O–H groups in total. The molecular formula is C16H16FNO3. The quantitative estimate of drug-likeness (QED) is 0.918. The van der Waals surface area contributed by atoms with Crippen molar-refractivity contribution in [3.05, 3.63) is 53.0 Å². The van der Waals surface area contributed by atoms with Crippen LogP contribution in [0.25, 0.3) is 0 Å². The number of carboxylic acid groups (broad SMARTS) is 1. The molecule has 0 saturated carbocycles. The van der Waals surface area contributed by atoms with Gasteiger partial charge in [0.1, 0.15) is 17.1 Å². The highest BCUT2D eigenvalue weighted by molar-refractivity contribution is 5.90. The van der Waals surface area contributed by atoms with Crippen LogP contribution in [0, 0.1) is 12.7 Å². The van der Waals surface area contributed by atoms with E-state index in [1.807, 2.05) is 39.0 Å². The van der Waals surface area contributed by atoms with Gasteiger partial charge < -0.3 is 9.84 Å². The van der Waals surface area contributed by atoms with Crippen molar-refractivity contribution in [2.75, 3.05) is 0 Å². The number of rotatable bonds is 4. The van der Waals surface area contributed by atoms with Crippen LogP contribution >= 0.6 is 0 Å². The predicted octanol–water partition coefficient (Wildman–Crippen LogP) is 4.14. The number of ether oxygens (including phenoxy) is 1. The Kier molecular flexibility index (Phi) is 4.21. The number of aromatic carboxylic acids is 1. The molecule has 2 aromatic rings. The molecule has 0 aliphatic heterocycles. The van der Waals surface area contributed by atoms with Gasteiger partial charge in [-0.1, -0.05) is 26.0 Å². The third kappa shape index (κ3) is 3.37. The monoisotopic (exact) mass is 289 g/mol. The molecule has 0 atom stereocenters. The minimum atomic E-state index is -1.28. The van der Waals surface area contributed by atoms with Crippen molar-refractivity contribution in [2.24, 2.45) is 0 Å². The summed E-state index contributed by atoms with van der Waals surface area (Å²) in [6.07, 6.45) is 0.937. The van der Waals surface area contributed by atoms with E-state index in [4.69, 9.17) is 9.84 Å². The van der Waals surface area contributed by atoms with Gasteiger partial charge in [-0.05, 0) is 36.1 Å². The van der Waals surface area contributed by atoms with E-state index < -0.39 is 11.8 Å². The van der Waals surface area contributed by atoms with E-state index in [2.05, 4.69) is 4.98 Å². The van der Waals surface area contributed by atoms with Crippen LogP contribution in [0.5, 0.6) is 11.6 Å². The van der Waals surface area contributed by atoms with Crippen molar-refractivity contribution in [2.45, 2.75) is 26.7 Å². The SMILES string of the molecule is Cc1ccc(C(C)C)c(Oc2ncc(F)cc2C(=O)O)c1. The molecule has 0 radical (unpaired) electrons. The van der Waals surface area contributed by atoms with Crippen molar-refractivity contribution in [3.8, 4) is 11.6 Å². The van der Waals surface area contributed by atoms with Crippen molar-refractivity contribution in [1.82, 2.24) is 4.98 Å². The van der Waals surface area contributed by atoms with Crippen molar-refractivity contribution < 1.29 is 19.0 Å². The van der Waals surface area contributed by atoms with Crippen LogP contribution in [-0.4, -0.2) is 16.1 Å². The van der Waals surface area contributed by atoms with Crippen LogP contribution in [0.2, 0.25) is 0 Å². The number of hydrogen-bond acceptors (Lipinski definition) is 3. The average molecular weight is 289 g/mol. The number of hydrogen-bond donors (Lipinski definition) is 1. The lowest BCUT2D eigenvalue weighted by Gasteiger charge is -2.15. The third-order valence-corrected chi connectivity index (χ3v) is 3.05. The van der Waals surface area contributed by atoms with Gasteiger partial charge in [-0.2, -0.15) is 0 Å². The molecule has 110 valence electrons. The second-order valence-electron chi connectivity index (χ2n) is 5.11. The topological polar surface area (TPSA) is 59.4 Å². The number of halogens is 1. The van der Waals surface area contributed by atoms with E-state index in [0.29, 0.717) is 5.75 Å². The lowest BCUT2D eigenvalue weighted by atomic mass is 10.0. The molecule has 0 aliphatic rings. The van der Waals surface area contributed by atoms with Gasteiger partial charge in [-0.15, -0.1) is 0 Å². The summed E-state index contributed by atoms with van der Waals surface area (Å²) >= 11 is 0. The molecule has 0 fully saturated rings. The summed E-state index contributed by atoms with van der Waals surface area (Å²) in [7, 11) is 0. The van der Waals surface area contributed by atoms with Crippen molar-refractivity contribution in [3.63, 3.8) is 0 Å². The van der Waals surface area contributed by atoms with Gasteiger partial charge in [-0.3, -0.25) is 0 Å². The Morgan fingerprint density at radius 2 is 2.05 bits per heavy atom. The minimum absolute atomic E-state index is 0.114. The highest BCUT2D eigenvalue weighted by atomic mass is 19.1. The second kappa shape index (κ2) is 5.91. The standard InChI is InChI=1S/C16H16FNO3/c1-9(2)12-5-4-10(3)6-14(12)21-15-13(16(19)20)7-11(17)8-18-15/h4-9H,1-3H3,(H,19,20). The fraction of sp³-hybridized carbons (Fsp3) is 0.250. The molecule has 1 aromatic carbocycles. The van der Waals surface area contributed by atoms with Crippen molar-refractivity contribution >= 4 is 5.97 Å². The van der Waals surface area contributed by atoms with Crippen LogP contribution in [0.15, 0.2) is 30.5 Å². The van der Waals surface area contributed by atoms with Crippen LogP contribution in [-0.2, 0) is 0 Å². The molecule has 21 heavy (non-hydrogen) atoms. The van der Waals surface area contributed by atoms with Gasteiger partial charge in [0.25, 0.3) is 0 Å². The molecule has 1 aromatic heterocycles. The first-order chi connectivity index (χ1) is 9.88. The summed E-state index contributed by atoms with van der Waals surface area (Å²) in [5, 5.41) is 9.11. The summed E-state index contributed by atoms with van der Waals surface area (Å²) in [6, 6.07) is 6.60. The molecule has 0 bridgehead atoms. The number of carbonyl (C=O) groups is 1. The van der Waals surface area contributed by atoms with E-state index in [9.17, 15) is 9.18 Å². The molecule has 4 nitrogen and oxygen atoms in total. The van der Waals surface area contributed by atoms with E-state index in [-0.39, 0.29) is 17.4 Å². The maximum Gasteiger partial charge on any atom is 0.341 e. The molecule has 0 amide bonds. The predicted molar refractivity (Wildman–Crippen MR) is 76.5 cm³/mol. The first kappa shape index (κ1) is 15.0. The number of benzene rings is 1. The number of carboxylic acids is 1. The third-order valence-electron chi connectivity index (χ3n) is 3.05. The largest absolute Gasteiger partial charge is 0.477 e. The van der Waals surface area contributed by atoms with Gasteiger partial charge in [0.2, 0.25) is 5.88 Å². The Morgan fingerprint density at radius 3 is 2.67 bits per heavy atom. The first-order valence-electron chi connectivity index (χ1n) is 6.55. The zero-order valence-corrected chi connectivity index (χ0v) is 12.1. The number of aryl methyl sites for hydroxylation is 1. The van der Waals surface area contributed by atoms with Crippen LogP contribution in [0.1, 0.15) is 41.3 Å². The normalized spacial score (nSPS) is 10.7. The van der Waals surface area contributed by atoms with Crippen LogP contribution < -0.4 is 4.74 Å². The Morgan fingerprint density at radius 1 is 1.33 bits per heavy atom. The van der Waals surface area contributed by atoms with Crippen molar-refractivity contribution in [1.29, 1.82) is 0 Å². The highest BCUT2D eigenvalue weighted by Gasteiger charge is 2.17. The Balaban J connectivity index is 2.47. The minimum Gasteiger partial charge on any atom is -0.477 e. The molecular weight excluding hydrogens is 273 g/mol. The first-order valence-corrected chi connectivity index (χ1v) is 6.55. The number of aromatic nitrogens is 1. The lowest BCUT2D eigenvalue weighted by Crippen LogP contribution is -2.04. The van der Waals surface area contributed by atoms with Gasteiger partial charge in [0, 0.05) is 0 Å². The molecule has 5 heteroatoms. The van der Waals surface area contributed by atoms with Crippen LogP contribution in [0.3, 0.4) is 0 Å². The highest BCUT2D eigenvalue weighted by Crippen LogP contribution is 2.32. The summed E-state index contributed by atoms with van der Waals surface area (Å²) in [4.78, 5) is 14.9. The fourth-order valence-electron chi connectivity index (χ4n) is 1.97. The Labute approximate surface area is 122 Å². The zero-order valence-electron chi connectivity index (χ0n) is 12.1. The molecule has 2 rings (SSSR count). The molecule has 0 unspecified atom stereocenters. The molecule has 1 heterocycles. The van der Waals surface area contributed by atoms with Gasteiger partial charge >= 0.3 is 5.97 Å². The smallest absolute Gasteiger partial charge is 0.341 e. The lowest BCUT2D eigenvalue weighted by molar-refractivity contribution is 0.0692. The second-order valence-corrected chi connectivity index (χ2v) is 5.11. The fourth-order valence-corrected chi connectivity index (χ4v) is 1.97. The van der Waals surface area contributed by atoms with E-state index in [1.54, 1.807) is 0 Å². The maximum absolute atomic E-state index is 13.1. The van der Waals surface area contributed by atoms with E-state index in [0.717, 1.165) is 23.4 Å². The molecule has 0 spiro atoms. The summed E-state index contributed by atoms with van der Waals surface area (Å²) in [5.74, 6) is -1.37. The summed E-state index contributed by atoms with van der Waals surface area (Å²) in [6.45, 7) is 5.93. The Hall–Kier alpha value is -2.43. The number of pyridine rings is 1. The van der Waals surface area contributed by atoms with Crippen LogP contribution in [0.4, 0.5) is 4.39 Å². The van der Waals surface area contributed by atoms with E-state index in [1.165, 1.54) is 0 Å². The van der Waals surface area contributed by atoms with Gasteiger partial charge in [-0.25, -0.2) is 14.2 Å².